The summed E-state index contributed by atoms with van der Waals surface area (Å²) in [5.74, 6) is -3.07. The number of aromatic hydroxyl groups is 1. The highest BCUT2D eigenvalue weighted by Crippen LogP contribution is 2.46. The van der Waals surface area contributed by atoms with Crippen molar-refractivity contribution in [2.24, 2.45) is 11.8 Å². The molecule has 8 N–H and O–H groups in total. The molecule has 1 aliphatic carbocycles. The lowest BCUT2D eigenvalue weighted by Gasteiger charge is -2.47. The Bertz CT molecular complexity index is 1500. The van der Waals surface area contributed by atoms with Gasteiger partial charge in [0.25, 0.3) is 0 Å². The van der Waals surface area contributed by atoms with Gasteiger partial charge in [-0.1, -0.05) is 31.6 Å². The highest BCUT2D eigenvalue weighted by atomic mass is 16.8. The third kappa shape index (κ3) is 9.30. The van der Waals surface area contributed by atoms with Gasteiger partial charge < -0.3 is 78.7 Å². The van der Waals surface area contributed by atoms with Crippen LogP contribution in [0.2, 0.25) is 0 Å². The summed E-state index contributed by atoms with van der Waals surface area (Å²) in [6, 6.07) is 5.95. The second-order valence-electron chi connectivity index (χ2n) is 13.2. The number of carbonyl (C=O) groups excluding carboxylic acids is 2. The molecule has 2 fully saturated rings. The Kier molecular flexibility index (Phi) is 14.6. The average molecular weight is 769 g/mol. The number of unbranched alkanes of at least 4 members (excludes halogenated alkanes) is 1. The normalized spacial score (nSPS) is 36.5. The second-order valence-corrected chi connectivity index (χ2v) is 13.2. The van der Waals surface area contributed by atoms with Gasteiger partial charge in [0.1, 0.15) is 61.2 Å². The highest BCUT2D eigenvalue weighted by molar-refractivity contribution is 5.89. The fourth-order valence-corrected chi connectivity index (χ4v) is 6.71. The molecule has 14 atom stereocenters. The van der Waals surface area contributed by atoms with E-state index in [9.17, 15) is 50.4 Å². The van der Waals surface area contributed by atoms with Gasteiger partial charge in [-0.15, -0.1) is 0 Å². The summed E-state index contributed by atoms with van der Waals surface area (Å²) in [6.07, 6.45) is -12.4. The van der Waals surface area contributed by atoms with Crippen LogP contribution in [0.3, 0.4) is 0 Å². The molecule has 0 unspecified atom stereocenters. The van der Waals surface area contributed by atoms with E-state index < -0.39 is 117 Å². The first-order valence-electron chi connectivity index (χ1n) is 17.6. The van der Waals surface area contributed by atoms with Crippen LogP contribution in [0.5, 0.6) is 5.75 Å². The van der Waals surface area contributed by atoms with Gasteiger partial charge in [0.05, 0.1) is 44.2 Å². The summed E-state index contributed by atoms with van der Waals surface area (Å²) < 4.78 is 45.1. The third-order valence-corrected chi connectivity index (χ3v) is 9.69. The third-order valence-electron chi connectivity index (χ3n) is 9.69. The van der Waals surface area contributed by atoms with Crippen molar-refractivity contribution in [2.75, 3.05) is 33.5 Å². The molecule has 1 aromatic rings. The molecule has 300 valence electrons. The number of fused-ring (bicyclic) bond motifs is 1. The number of carbonyl (C=O) groups is 2. The lowest BCUT2D eigenvalue weighted by molar-refractivity contribution is -0.374. The zero-order valence-electron chi connectivity index (χ0n) is 29.6. The molecule has 0 amide bonds. The van der Waals surface area contributed by atoms with Crippen molar-refractivity contribution in [1.82, 2.24) is 0 Å². The van der Waals surface area contributed by atoms with Crippen LogP contribution in [0.25, 0.3) is 6.08 Å². The Morgan fingerprint density at radius 2 is 1.56 bits per heavy atom. The van der Waals surface area contributed by atoms with Crippen LogP contribution < -0.4 is 0 Å². The standard InChI is InChI=1S/C36H48O18/c1-3-4-11-48-21-12-18(13-37)25-26(21)20(33(46)47-2)15-50-34(25)54-36-31(45)32(28(42)22(14-38)51-36)53-35-30(44)29(43)27(41)23(52-35)16-49-24(40)10-7-17-5-8-19(39)9-6-17/h5-10,12,15,21-23,25-32,34-39,41-45H,3-4,11,13-14,16H2,1-2H3/t21-,22+,23+,25+,26-,27+,28+,29-,30+,31+,32-,34-,35-,36-/m0/s1. The molecule has 2 saturated heterocycles. The molecule has 4 aliphatic rings. The van der Waals surface area contributed by atoms with Crippen molar-refractivity contribution in [3.05, 3.63) is 59.4 Å². The fraction of sp³-hybridized carbons (Fsp3) is 0.611. The molecule has 0 aromatic heterocycles. The van der Waals surface area contributed by atoms with Crippen LogP contribution >= 0.6 is 0 Å². The monoisotopic (exact) mass is 768 g/mol. The number of benzene rings is 1. The molecule has 0 saturated carbocycles. The minimum absolute atomic E-state index is 0.0376. The van der Waals surface area contributed by atoms with Crippen molar-refractivity contribution in [3.8, 4) is 5.75 Å². The number of esters is 2. The molecule has 0 radical (unpaired) electrons. The molecule has 5 rings (SSSR count). The number of rotatable bonds is 15. The van der Waals surface area contributed by atoms with Gasteiger partial charge in [0.2, 0.25) is 6.29 Å². The van der Waals surface area contributed by atoms with Gasteiger partial charge in [-0.3, -0.25) is 0 Å². The van der Waals surface area contributed by atoms with Gasteiger partial charge in [0.15, 0.2) is 12.6 Å². The number of phenols is 1. The molecule has 0 spiro atoms. The molecular weight excluding hydrogens is 720 g/mol. The van der Waals surface area contributed by atoms with E-state index in [-0.39, 0.29) is 11.3 Å². The van der Waals surface area contributed by atoms with Crippen LogP contribution in [0.15, 0.2) is 53.8 Å². The van der Waals surface area contributed by atoms with Crippen molar-refractivity contribution in [1.29, 1.82) is 0 Å². The molecule has 18 nitrogen and oxygen atoms in total. The number of ether oxygens (including phenoxy) is 8. The van der Waals surface area contributed by atoms with Gasteiger partial charge in [-0.05, 0) is 35.8 Å². The topological polar surface area (TPSA) is 270 Å². The Balaban J connectivity index is 1.29. The summed E-state index contributed by atoms with van der Waals surface area (Å²) in [4.78, 5) is 25.1. The van der Waals surface area contributed by atoms with Crippen molar-refractivity contribution in [2.45, 2.75) is 93.6 Å². The van der Waals surface area contributed by atoms with E-state index in [4.69, 9.17) is 37.9 Å². The smallest absolute Gasteiger partial charge is 0.337 e. The minimum atomic E-state index is -1.93. The van der Waals surface area contributed by atoms with Crippen molar-refractivity contribution < 1.29 is 88.3 Å². The summed E-state index contributed by atoms with van der Waals surface area (Å²) in [5.41, 5.74) is 1.11. The predicted octanol–water partition coefficient (Wildman–Crippen LogP) is -1.64. The molecule has 3 aliphatic heterocycles. The van der Waals surface area contributed by atoms with Crippen molar-refractivity contribution in [3.63, 3.8) is 0 Å². The Hall–Kier alpha value is -3.50. The number of phenolic OH excluding ortho intramolecular Hbond substituents is 1. The number of methoxy groups -OCH3 is 1. The van der Waals surface area contributed by atoms with Crippen molar-refractivity contribution >= 4 is 18.0 Å². The van der Waals surface area contributed by atoms with E-state index in [1.54, 1.807) is 18.2 Å². The zero-order chi connectivity index (χ0) is 39.1. The number of hydrogen-bond acceptors (Lipinski definition) is 18. The predicted molar refractivity (Wildman–Crippen MR) is 180 cm³/mol. The Labute approximate surface area is 310 Å². The first kappa shape index (κ1) is 41.7. The van der Waals surface area contributed by atoms with Crippen LogP contribution in [0.1, 0.15) is 25.3 Å². The van der Waals surface area contributed by atoms with E-state index >= 15 is 0 Å². The van der Waals surface area contributed by atoms with Gasteiger partial charge >= 0.3 is 11.9 Å². The van der Waals surface area contributed by atoms with Crippen LogP contribution in [0, 0.1) is 11.8 Å². The first-order valence-corrected chi connectivity index (χ1v) is 17.6. The molecule has 18 heteroatoms. The second kappa shape index (κ2) is 18.9. The summed E-state index contributed by atoms with van der Waals surface area (Å²) in [5, 5.41) is 84.2. The van der Waals surface area contributed by atoms with E-state index in [1.165, 1.54) is 25.3 Å². The molecular formula is C36H48O18. The maximum absolute atomic E-state index is 12.7. The number of hydrogen-bond donors (Lipinski definition) is 8. The average Bonchev–Trinajstić information content (AvgIpc) is 3.55. The van der Waals surface area contributed by atoms with Gasteiger partial charge in [-0.25, -0.2) is 9.59 Å². The molecule has 0 bridgehead atoms. The SMILES string of the molecule is CCCCO[C@H]1C=C(CO)[C@H]2[C@H](O[C@@H]3O[C@H](CO)[C@@H](O)[C@H](O[C@@H]4O[C@H](COC(=O)C=Cc5ccc(O)cc5)[C@@H](O)[C@H](O)[C@H]4O)[C@H]3O)OC=C(C(=O)OC)[C@H]21. The Morgan fingerprint density at radius 3 is 2.22 bits per heavy atom. The lowest BCUT2D eigenvalue weighted by atomic mass is 9.82. The van der Waals surface area contributed by atoms with Crippen LogP contribution in [-0.2, 0) is 47.5 Å². The summed E-state index contributed by atoms with van der Waals surface area (Å²) in [7, 11) is 1.20. The van der Waals surface area contributed by atoms with E-state index in [2.05, 4.69) is 0 Å². The van der Waals surface area contributed by atoms with Crippen LogP contribution in [-0.4, -0.2) is 160 Å². The molecule has 1 aromatic carbocycles. The van der Waals surface area contributed by atoms with E-state index in [0.29, 0.717) is 17.7 Å². The maximum Gasteiger partial charge on any atom is 0.337 e. The zero-order valence-corrected chi connectivity index (χ0v) is 29.6. The van der Waals surface area contributed by atoms with Gasteiger partial charge in [0, 0.05) is 18.6 Å². The number of aliphatic hydroxyl groups excluding tert-OH is 7. The van der Waals surface area contributed by atoms with E-state index in [0.717, 1.165) is 25.2 Å². The maximum atomic E-state index is 12.7. The van der Waals surface area contributed by atoms with E-state index in [1.807, 2.05) is 6.92 Å². The summed E-state index contributed by atoms with van der Waals surface area (Å²) >= 11 is 0. The fourth-order valence-electron chi connectivity index (χ4n) is 6.71. The summed E-state index contributed by atoms with van der Waals surface area (Å²) in [6.45, 7) is 0.488. The molecule has 3 heterocycles. The van der Waals surface area contributed by atoms with Gasteiger partial charge in [-0.2, -0.15) is 0 Å². The number of aliphatic hydroxyl groups is 7. The van der Waals surface area contributed by atoms with Crippen LogP contribution in [0.4, 0.5) is 0 Å². The largest absolute Gasteiger partial charge is 0.508 e. The quantitative estimate of drug-likeness (QED) is 0.0430. The minimum Gasteiger partial charge on any atom is -0.508 e. The Morgan fingerprint density at radius 1 is 0.852 bits per heavy atom. The first-order chi connectivity index (χ1) is 25.9. The molecule has 54 heavy (non-hydrogen) atoms. The lowest BCUT2D eigenvalue weighted by Crippen LogP contribution is -2.65. The highest BCUT2D eigenvalue weighted by Gasteiger charge is 2.55.